The van der Waals surface area contributed by atoms with E-state index in [0.29, 0.717) is 11.5 Å². The van der Waals surface area contributed by atoms with E-state index in [1.807, 2.05) is 12.1 Å². The van der Waals surface area contributed by atoms with Gasteiger partial charge in [0.25, 0.3) is 0 Å². The van der Waals surface area contributed by atoms with Gasteiger partial charge >= 0.3 is 0 Å². The van der Waals surface area contributed by atoms with Gasteiger partial charge in [-0.3, -0.25) is 9.52 Å². The van der Waals surface area contributed by atoms with E-state index in [4.69, 9.17) is 0 Å². The predicted molar refractivity (Wildman–Crippen MR) is 123 cm³/mol. The highest BCUT2D eigenvalue weighted by Crippen LogP contribution is 2.22. The van der Waals surface area contributed by atoms with Gasteiger partial charge < -0.3 is 10.2 Å². The quantitative estimate of drug-likeness (QED) is 0.541. The van der Waals surface area contributed by atoms with E-state index in [0.717, 1.165) is 24.3 Å². The molecular formula is C22H26N6O3S. The predicted octanol–water partition coefficient (Wildman–Crippen LogP) is 2.32. The molecule has 0 spiro atoms. The third kappa shape index (κ3) is 5.85. The molecule has 0 bridgehead atoms. The first kappa shape index (κ1) is 21.8. The minimum absolute atomic E-state index is 0.186. The summed E-state index contributed by atoms with van der Waals surface area (Å²) in [5, 5.41) is 6.72. The van der Waals surface area contributed by atoms with Crippen molar-refractivity contribution in [3.05, 3.63) is 66.6 Å². The maximum absolute atomic E-state index is 12.4. The van der Waals surface area contributed by atoms with Crippen LogP contribution in [0, 0.1) is 0 Å². The first-order valence-electron chi connectivity index (χ1n) is 10.6. The SMILES string of the molecule is O=C(CS(=O)(=O)Nc1ccc(N2CCCCC2)cc1)NCc1ccc(-n2cccn2)nc1. The van der Waals surface area contributed by atoms with Gasteiger partial charge in [-0.15, -0.1) is 0 Å². The van der Waals surface area contributed by atoms with E-state index < -0.39 is 21.7 Å². The first-order chi connectivity index (χ1) is 15.5. The van der Waals surface area contributed by atoms with E-state index >= 15 is 0 Å². The number of nitrogens with zero attached hydrogens (tertiary/aromatic N) is 4. The summed E-state index contributed by atoms with van der Waals surface area (Å²) < 4.78 is 28.9. The fourth-order valence-electron chi connectivity index (χ4n) is 3.59. The molecule has 1 saturated heterocycles. The Hall–Kier alpha value is -3.40. The average molecular weight is 455 g/mol. The van der Waals surface area contributed by atoms with E-state index in [2.05, 4.69) is 25.0 Å². The van der Waals surface area contributed by atoms with Crippen molar-refractivity contribution in [2.24, 2.45) is 0 Å². The van der Waals surface area contributed by atoms with Crippen molar-refractivity contribution >= 4 is 27.3 Å². The summed E-state index contributed by atoms with van der Waals surface area (Å²) in [5.41, 5.74) is 2.28. The number of hydrogen-bond acceptors (Lipinski definition) is 6. The van der Waals surface area contributed by atoms with Crippen LogP contribution < -0.4 is 14.9 Å². The highest BCUT2D eigenvalue weighted by Gasteiger charge is 2.17. The molecule has 1 aliphatic heterocycles. The van der Waals surface area contributed by atoms with Gasteiger partial charge in [-0.1, -0.05) is 6.07 Å². The topological polar surface area (TPSA) is 109 Å². The molecule has 3 aromatic rings. The number of hydrogen-bond donors (Lipinski definition) is 2. The number of piperidine rings is 1. The molecule has 10 heteroatoms. The number of aromatic nitrogens is 3. The molecule has 4 rings (SSSR count). The number of rotatable bonds is 8. The lowest BCUT2D eigenvalue weighted by molar-refractivity contribution is -0.118. The molecule has 0 aliphatic carbocycles. The number of sulfonamides is 1. The Bertz CT molecular complexity index is 1120. The molecule has 2 N–H and O–H groups in total. The smallest absolute Gasteiger partial charge is 0.241 e. The number of nitrogens with one attached hydrogen (secondary N) is 2. The van der Waals surface area contributed by atoms with Gasteiger partial charge in [-0.25, -0.2) is 18.1 Å². The van der Waals surface area contributed by atoms with Crippen molar-refractivity contribution in [3.8, 4) is 5.82 Å². The lowest BCUT2D eigenvalue weighted by Gasteiger charge is -2.28. The van der Waals surface area contributed by atoms with Crippen molar-refractivity contribution in [2.75, 3.05) is 28.5 Å². The van der Waals surface area contributed by atoms with Crippen molar-refractivity contribution in [1.29, 1.82) is 0 Å². The fraction of sp³-hybridized carbons (Fsp3) is 0.318. The van der Waals surface area contributed by atoms with Crippen molar-refractivity contribution in [2.45, 2.75) is 25.8 Å². The molecule has 168 valence electrons. The second-order valence-corrected chi connectivity index (χ2v) is 9.43. The summed E-state index contributed by atoms with van der Waals surface area (Å²) in [6.45, 7) is 2.23. The van der Waals surface area contributed by atoms with Crippen LogP contribution in [-0.2, 0) is 21.4 Å². The molecule has 2 aromatic heterocycles. The molecule has 0 unspecified atom stereocenters. The van der Waals surface area contributed by atoms with Gasteiger partial charge in [0.2, 0.25) is 15.9 Å². The van der Waals surface area contributed by atoms with Crippen LogP contribution in [0.5, 0.6) is 0 Å². The van der Waals surface area contributed by atoms with Crippen molar-refractivity contribution in [3.63, 3.8) is 0 Å². The summed E-state index contributed by atoms with van der Waals surface area (Å²) >= 11 is 0. The molecule has 1 amide bonds. The highest BCUT2D eigenvalue weighted by molar-refractivity contribution is 7.93. The first-order valence-corrected chi connectivity index (χ1v) is 12.2. The molecule has 1 aromatic carbocycles. The molecule has 1 aliphatic rings. The number of benzene rings is 1. The van der Waals surface area contributed by atoms with Crippen LogP contribution in [0.1, 0.15) is 24.8 Å². The summed E-state index contributed by atoms with van der Waals surface area (Å²) in [7, 11) is -3.82. The van der Waals surface area contributed by atoms with Crippen LogP contribution >= 0.6 is 0 Å². The van der Waals surface area contributed by atoms with Gasteiger partial charge in [0.05, 0.1) is 0 Å². The molecule has 9 nitrogen and oxygen atoms in total. The van der Waals surface area contributed by atoms with Gasteiger partial charge in [0, 0.05) is 49.6 Å². The van der Waals surface area contributed by atoms with Crippen LogP contribution in [-0.4, -0.2) is 47.9 Å². The normalized spacial score (nSPS) is 14.2. The van der Waals surface area contributed by atoms with E-state index in [9.17, 15) is 13.2 Å². The van der Waals surface area contributed by atoms with Crippen molar-refractivity contribution in [1.82, 2.24) is 20.1 Å². The lowest BCUT2D eigenvalue weighted by Crippen LogP contribution is -2.32. The van der Waals surface area contributed by atoms with E-state index in [1.165, 1.54) is 19.3 Å². The summed E-state index contributed by atoms with van der Waals surface area (Å²) in [6, 6.07) is 12.7. The minimum atomic E-state index is -3.82. The molecular weight excluding hydrogens is 428 g/mol. The van der Waals surface area contributed by atoms with Crippen molar-refractivity contribution < 1.29 is 13.2 Å². The maximum Gasteiger partial charge on any atom is 0.241 e. The zero-order valence-corrected chi connectivity index (χ0v) is 18.5. The molecule has 3 heterocycles. The lowest BCUT2D eigenvalue weighted by atomic mass is 10.1. The van der Waals surface area contributed by atoms with Crippen LogP contribution in [0.2, 0.25) is 0 Å². The average Bonchev–Trinajstić information content (AvgIpc) is 3.34. The molecule has 32 heavy (non-hydrogen) atoms. The van der Waals surface area contributed by atoms with Crippen LogP contribution in [0.15, 0.2) is 61.1 Å². The number of anilines is 2. The Kier molecular flexibility index (Phi) is 6.69. The van der Waals surface area contributed by atoms with Crippen LogP contribution in [0.4, 0.5) is 11.4 Å². The van der Waals surface area contributed by atoms with Crippen LogP contribution in [0.25, 0.3) is 5.82 Å². The summed E-state index contributed by atoms with van der Waals surface area (Å²) in [4.78, 5) is 18.7. The molecule has 1 fully saturated rings. The summed E-state index contributed by atoms with van der Waals surface area (Å²) in [5.74, 6) is -0.582. The third-order valence-electron chi connectivity index (χ3n) is 5.22. The van der Waals surface area contributed by atoms with Gasteiger partial charge in [0.1, 0.15) is 5.75 Å². The number of carbonyl (C=O) groups is 1. The largest absolute Gasteiger partial charge is 0.372 e. The standard InChI is InChI=1S/C22H26N6O3S/c29-22(24-16-18-5-10-21(23-15-18)28-14-4-11-25-28)17-32(30,31)26-19-6-8-20(9-7-19)27-12-2-1-3-13-27/h4-11,14-15,26H,1-3,12-13,16-17H2,(H,24,29). The Morgan fingerprint density at radius 3 is 2.47 bits per heavy atom. The van der Waals surface area contributed by atoms with Crippen LogP contribution in [0.3, 0.4) is 0 Å². The summed E-state index contributed by atoms with van der Waals surface area (Å²) in [6.07, 6.45) is 8.66. The second-order valence-electron chi connectivity index (χ2n) is 7.71. The zero-order chi connectivity index (χ0) is 22.4. The molecule has 0 saturated carbocycles. The Balaban J connectivity index is 1.27. The monoisotopic (exact) mass is 454 g/mol. The fourth-order valence-corrected chi connectivity index (χ4v) is 4.61. The van der Waals surface area contributed by atoms with E-state index in [-0.39, 0.29) is 6.54 Å². The molecule has 0 atom stereocenters. The zero-order valence-electron chi connectivity index (χ0n) is 17.6. The maximum atomic E-state index is 12.4. The highest BCUT2D eigenvalue weighted by atomic mass is 32.2. The van der Waals surface area contributed by atoms with E-state index in [1.54, 1.807) is 53.6 Å². The van der Waals surface area contributed by atoms with Gasteiger partial charge in [0.15, 0.2) is 5.82 Å². The number of amides is 1. The van der Waals surface area contributed by atoms with Gasteiger partial charge in [-0.2, -0.15) is 5.10 Å². The number of carbonyl (C=O) groups excluding carboxylic acids is 1. The van der Waals surface area contributed by atoms with Gasteiger partial charge in [-0.05, 0) is 61.2 Å². The Labute approximate surface area is 187 Å². The minimum Gasteiger partial charge on any atom is -0.372 e. The Morgan fingerprint density at radius 1 is 1.03 bits per heavy atom. The number of pyridine rings is 1. The molecule has 0 radical (unpaired) electrons. The second kappa shape index (κ2) is 9.82. The Morgan fingerprint density at radius 2 is 1.81 bits per heavy atom. The third-order valence-corrected chi connectivity index (χ3v) is 6.41.